The zero-order valence-corrected chi connectivity index (χ0v) is 14.8. The number of carbonyl (C=O) groups is 1. The van der Waals surface area contributed by atoms with Gasteiger partial charge in [-0.1, -0.05) is 41.9 Å². The van der Waals surface area contributed by atoms with Gasteiger partial charge in [-0.3, -0.25) is 4.79 Å². The fourth-order valence-corrected chi connectivity index (χ4v) is 2.95. The lowest BCUT2D eigenvalue weighted by Crippen LogP contribution is -2.30. The molecule has 1 heterocycles. The third-order valence-corrected chi connectivity index (χ3v) is 4.35. The summed E-state index contributed by atoms with van der Waals surface area (Å²) < 4.78 is 20.2. The molecule has 1 amide bonds. The second kappa shape index (κ2) is 7.21. The van der Waals surface area contributed by atoms with Gasteiger partial charge in [-0.25, -0.2) is 9.38 Å². The number of nitrogens with zero attached hydrogens (tertiary/aromatic N) is 1. The molecule has 1 aliphatic rings. The number of para-hydroxylation sites is 1. The molecule has 0 aliphatic carbocycles. The third kappa shape index (κ3) is 3.55. The molecule has 3 aromatic rings. The number of hydrogen-bond donors (Lipinski definition) is 1. The maximum atomic E-state index is 14.5. The first kappa shape index (κ1) is 17.2. The zero-order chi connectivity index (χ0) is 18.8. The highest BCUT2D eigenvalue weighted by atomic mass is 35.5. The Hall–Kier alpha value is -3.18. The first-order valence-electron chi connectivity index (χ1n) is 8.27. The molecule has 0 fully saturated rings. The van der Waals surface area contributed by atoms with E-state index in [1.807, 2.05) is 6.07 Å². The van der Waals surface area contributed by atoms with Gasteiger partial charge in [-0.05, 0) is 42.5 Å². The topological polar surface area (TPSA) is 50.7 Å². The van der Waals surface area contributed by atoms with E-state index in [4.69, 9.17) is 16.3 Å². The number of aliphatic imine (C=N–C) groups is 1. The molecule has 0 saturated carbocycles. The Morgan fingerprint density at radius 1 is 0.926 bits per heavy atom. The van der Waals surface area contributed by atoms with Crippen molar-refractivity contribution < 1.29 is 13.9 Å². The summed E-state index contributed by atoms with van der Waals surface area (Å²) in [5.74, 6) is -0.434. The van der Waals surface area contributed by atoms with Gasteiger partial charge in [0.05, 0.1) is 11.4 Å². The Balaban J connectivity index is 1.81. The van der Waals surface area contributed by atoms with Crippen molar-refractivity contribution >= 4 is 28.9 Å². The number of anilines is 1. The summed E-state index contributed by atoms with van der Waals surface area (Å²) in [6.45, 7) is 0. The molecule has 6 heteroatoms. The lowest BCUT2D eigenvalue weighted by Gasteiger charge is -2.14. The predicted octanol–water partition coefficient (Wildman–Crippen LogP) is 4.67. The van der Waals surface area contributed by atoms with E-state index in [0.717, 1.165) is 0 Å². The van der Waals surface area contributed by atoms with Crippen LogP contribution in [-0.2, 0) is 4.79 Å². The Morgan fingerprint density at radius 2 is 1.59 bits per heavy atom. The molecule has 0 saturated heterocycles. The van der Waals surface area contributed by atoms with E-state index in [1.165, 1.54) is 6.07 Å². The van der Waals surface area contributed by atoms with Gasteiger partial charge < -0.3 is 10.1 Å². The van der Waals surface area contributed by atoms with Crippen molar-refractivity contribution in [2.75, 3.05) is 5.32 Å². The third-order valence-electron chi connectivity index (χ3n) is 4.10. The van der Waals surface area contributed by atoms with Crippen molar-refractivity contribution in [3.8, 4) is 5.75 Å². The summed E-state index contributed by atoms with van der Waals surface area (Å²) in [6.07, 6.45) is -1.17. The largest absolute Gasteiger partial charge is 0.459 e. The van der Waals surface area contributed by atoms with E-state index in [2.05, 4.69) is 10.3 Å². The molecule has 27 heavy (non-hydrogen) atoms. The molecule has 1 N–H and O–H groups in total. The Bertz CT molecular complexity index is 1030. The molecule has 3 aromatic carbocycles. The fourth-order valence-electron chi connectivity index (χ4n) is 2.83. The average Bonchev–Trinajstić information content (AvgIpc) is 2.81. The van der Waals surface area contributed by atoms with E-state index in [1.54, 1.807) is 60.7 Å². The van der Waals surface area contributed by atoms with Crippen LogP contribution in [0.4, 0.5) is 10.1 Å². The van der Waals surface area contributed by atoms with E-state index in [0.29, 0.717) is 33.3 Å². The molecule has 0 bridgehead atoms. The lowest BCUT2D eigenvalue weighted by molar-refractivity contribution is -0.122. The quantitative estimate of drug-likeness (QED) is 0.717. The van der Waals surface area contributed by atoms with Gasteiger partial charge in [0.25, 0.3) is 12.1 Å². The normalized spacial score (nSPS) is 16.0. The monoisotopic (exact) mass is 380 g/mol. The van der Waals surface area contributed by atoms with Gasteiger partial charge in [-0.15, -0.1) is 0 Å². The number of carbonyl (C=O) groups excluding carboxylic acids is 1. The highest BCUT2D eigenvalue weighted by Crippen LogP contribution is 2.26. The van der Waals surface area contributed by atoms with Crippen LogP contribution in [0.1, 0.15) is 11.1 Å². The minimum atomic E-state index is -1.17. The summed E-state index contributed by atoms with van der Waals surface area (Å²) in [4.78, 5) is 17.1. The smallest absolute Gasteiger partial charge is 0.288 e. The zero-order valence-electron chi connectivity index (χ0n) is 14.0. The molecule has 1 atom stereocenters. The van der Waals surface area contributed by atoms with Gasteiger partial charge in [0, 0.05) is 16.1 Å². The first-order valence-corrected chi connectivity index (χ1v) is 8.65. The molecule has 1 unspecified atom stereocenters. The number of hydrogen-bond acceptors (Lipinski definition) is 3. The molecule has 134 valence electrons. The van der Waals surface area contributed by atoms with E-state index < -0.39 is 18.0 Å². The number of ether oxygens (including phenoxy) is 1. The van der Waals surface area contributed by atoms with Crippen LogP contribution in [0, 0.1) is 5.82 Å². The average molecular weight is 381 g/mol. The number of amides is 1. The Labute approximate surface area is 160 Å². The van der Waals surface area contributed by atoms with Gasteiger partial charge >= 0.3 is 0 Å². The minimum Gasteiger partial charge on any atom is -0.459 e. The van der Waals surface area contributed by atoms with Gasteiger partial charge in [-0.2, -0.15) is 0 Å². The van der Waals surface area contributed by atoms with Crippen molar-refractivity contribution in [3.63, 3.8) is 0 Å². The van der Waals surface area contributed by atoms with Crippen LogP contribution in [0.15, 0.2) is 77.8 Å². The highest BCUT2D eigenvalue weighted by Gasteiger charge is 2.28. The van der Waals surface area contributed by atoms with Crippen LogP contribution in [0.5, 0.6) is 5.75 Å². The SMILES string of the molecule is O=C1Nc2ccccc2C(c2ccccc2F)=NC1Oc1ccc(Cl)cc1. The lowest BCUT2D eigenvalue weighted by atomic mass is 10.0. The highest BCUT2D eigenvalue weighted by molar-refractivity contribution is 6.30. The number of rotatable bonds is 3. The number of halogens is 2. The molecule has 4 rings (SSSR count). The molecule has 0 radical (unpaired) electrons. The Morgan fingerprint density at radius 3 is 2.33 bits per heavy atom. The van der Waals surface area contributed by atoms with Crippen molar-refractivity contribution in [2.24, 2.45) is 4.99 Å². The first-order chi connectivity index (χ1) is 13.1. The van der Waals surface area contributed by atoms with Crippen LogP contribution in [0.25, 0.3) is 0 Å². The Kier molecular flexibility index (Phi) is 4.60. The molecule has 0 spiro atoms. The molecule has 0 aromatic heterocycles. The van der Waals surface area contributed by atoms with Crippen LogP contribution in [0.2, 0.25) is 5.02 Å². The predicted molar refractivity (Wildman–Crippen MR) is 103 cm³/mol. The summed E-state index contributed by atoms with van der Waals surface area (Å²) in [5, 5.41) is 3.35. The van der Waals surface area contributed by atoms with Gasteiger partial charge in [0.1, 0.15) is 11.6 Å². The number of nitrogens with one attached hydrogen (secondary N) is 1. The number of benzene rings is 3. The maximum Gasteiger partial charge on any atom is 0.288 e. The second-order valence-corrected chi connectivity index (χ2v) is 6.35. The summed E-state index contributed by atoms with van der Waals surface area (Å²) in [5.41, 5.74) is 1.82. The number of fused-ring (bicyclic) bond motifs is 1. The summed E-state index contributed by atoms with van der Waals surface area (Å²) >= 11 is 5.89. The van der Waals surface area contributed by atoms with Crippen molar-refractivity contribution in [2.45, 2.75) is 6.23 Å². The van der Waals surface area contributed by atoms with Crippen molar-refractivity contribution in [3.05, 3.63) is 94.8 Å². The van der Waals surface area contributed by atoms with E-state index >= 15 is 0 Å². The van der Waals surface area contributed by atoms with Gasteiger partial charge in [0.2, 0.25) is 0 Å². The van der Waals surface area contributed by atoms with Crippen LogP contribution in [-0.4, -0.2) is 17.8 Å². The van der Waals surface area contributed by atoms with Crippen molar-refractivity contribution in [1.29, 1.82) is 0 Å². The standard InChI is InChI=1S/C21H14ClFN2O2/c22-13-9-11-14(12-10-13)27-21-20(26)24-18-8-4-2-6-16(18)19(25-21)15-5-1-3-7-17(15)23/h1-12,21H,(H,24,26). The molecule has 1 aliphatic heterocycles. The van der Waals surface area contributed by atoms with Crippen molar-refractivity contribution in [1.82, 2.24) is 0 Å². The second-order valence-electron chi connectivity index (χ2n) is 5.92. The summed E-state index contributed by atoms with van der Waals surface area (Å²) in [6, 6.07) is 20.0. The maximum absolute atomic E-state index is 14.5. The van der Waals surface area contributed by atoms with Crippen LogP contribution >= 0.6 is 11.6 Å². The van der Waals surface area contributed by atoms with Gasteiger partial charge in [0.15, 0.2) is 0 Å². The van der Waals surface area contributed by atoms with Crippen LogP contribution in [0.3, 0.4) is 0 Å². The van der Waals surface area contributed by atoms with E-state index in [-0.39, 0.29) is 0 Å². The van der Waals surface area contributed by atoms with Crippen LogP contribution < -0.4 is 10.1 Å². The number of benzodiazepines with no additional fused rings is 1. The summed E-state index contributed by atoms with van der Waals surface area (Å²) in [7, 11) is 0. The molecular weight excluding hydrogens is 367 g/mol. The minimum absolute atomic E-state index is 0.297. The molecule has 4 nitrogen and oxygen atoms in total. The molecular formula is C21H14ClFN2O2. The fraction of sp³-hybridized carbons (Fsp3) is 0.0476. The van der Waals surface area contributed by atoms with E-state index in [9.17, 15) is 9.18 Å².